The molecule has 1 aromatic heterocycles. The van der Waals surface area contributed by atoms with Gasteiger partial charge in [0.2, 0.25) is 21.8 Å². The first kappa shape index (κ1) is 36.4. The standard InChI is InChI=1S/C26H28ClN5O5S2.C2HF3O2/c1-16(30-24(33)15-25(34)31-19-5-2-17(3-6-19)26(28)29)18-4-8-22(20(14-18)21-7-9-23(27)38-21)39(35,36)32-10-12-37-13-11-32;3-2(4,5)1(6)7/h2-9,14,16H,10-13,15H2,1H3,(H3,28,29)(H,30,33)(H,31,34);(H,6,7). The molecule has 1 aliphatic rings. The van der Waals surface area contributed by atoms with Crippen LogP contribution < -0.4 is 16.4 Å². The van der Waals surface area contributed by atoms with Crippen molar-refractivity contribution >= 4 is 62.3 Å². The van der Waals surface area contributed by atoms with Crippen molar-refractivity contribution in [2.75, 3.05) is 31.6 Å². The Bertz CT molecular complexity index is 1690. The second-order valence-electron chi connectivity index (χ2n) is 9.68. The monoisotopic (exact) mass is 703 g/mol. The molecule has 12 nitrogen and oxygen atoms in total. The molecule has 2 heterocycles. The zero-order chi connectivity index (χ0) is 34.2. The van der Waals surface area contributed by atoms with Gasteiger partial charge < -0.3 is 26.2 Å². The van der Waals surface area contributed by atoms with Crippen molar-refractivity contribution in [3.63, 3.8) is 0 Å². The van der Waals surface area contributed by atoms with Crippen molar-refractivity contribution in [1.82, 2.24) is 9.62 Å². The molecule has 6 N–H and O–H groups in total. The summed E-state index contributed by atoms with van der Waals surface area (Å²) in [5, 5.41) is 20.0. The van der Waals surface area contributed by atoms with Crippen molar-refractivity contribution in [1.29, 1.82) is 5.41 Å². The average Bonchev–Trinajstić information content (AvgIpc) is 3.43. The minimum atomic E-state index is -5.08. The Balaban J connectivity index is 0.000000738. The number of carboxylic acid groups (broad SMARTS) is 1. The van der Waals surface area contributed by atoms with Gasteiger partial charge in [-0.25, -0.2) is 13.2 Å². The summed E-state index contributed by atoms with van der Waals surface area (Å²) in [6.07, 6.45) is -5.49. The molecule has 248 valence electrons. The largest absolute Gasteiger partial charge is 0.490 e. The Kier molecular flexibility index (Phi) is 12.3. The molecule has 18 heteroatoms. The van der Waals surface area contributed by atoms with E-state index in [2.05, 4.69) is 10.6 Å². The Morgan fingerprint density at radius 3 is 2.22 bits per heavy atom. The summed E-state index contributed by atoms with van der Waals surface area (Å²) in [5.41, 5.74) is 7.59. The van der Waals surface area contributed by atoms with Crippen molar-refractivity contribution < 1.29 is 45.8 Å². The number of aliphatic carboxylic acids is 1. The normalized spacial score (nSPS) is 14.4. The van der Waals surface area contributed by atoms with E-state index in [0.29, 0.717) is 44.8 Å². The molecule has 46 heavy (non-hydrogen) atoms. The number of carboxylic acids is 1. The number of thiophene rings is 1. The number of nitrogens with two attached hydrogens (primary N) is 1. The maximum absolute atomic E-state index is 13.5. The predicted octanol–water partition coefficient (Wildman–Crippen LogP) is 4.21. The van der Waals surface area contributed by atoms with Gasteiger partial charge in [-0.1, -0.05) is 17.7 Å². The Labute approximate surface area is 270 Å². The van der Waals surface area contributed by atoms with Gasteiger partial charge in [-0.2, -0.15) is 17.5 Å². The number of hydrogen-bond donors (Lipinski definition) is 5. The molecule has 0 radical (unpaired) electrons. The molecular weight excluding hydrogens is 675 g/mol. The van der Waals surface area contributed by atoms with Crippen LogP contribution in [0.1, 0.15) is 30.5 Å². The second kappa shape index (κ2) is 15.5. The van der Waals surface area contributed by atoms with Gasteiger partial charge in [-0.3, -0.25) is 15.0 Å². The molecule has 1 fully saturated rings. The Hall–Kier alpha value is -4.03. The first-order valence-corrected chi connectivity index (χ1v) is 15.9. The van der Waals surface area contributed by atoms with Crippen LogP contribution in [-0.2, 0) is 29.1 Å². The third-order valence-electron chi connectivity index (χ3n) is 6.35. The van der Waals surface area contributed by atoms with Gasteiger partial charge in [0, 0.05) is 34.8 Å². The quantitative estimate of drug-likeness (QED) is 0.124. The number of nitrogens with one attached hydrogen (secondary N) is 3. The van der Waals surface area contributed by atoms with Crippen LogP contribution in [0.25, 0.3) is 10.4 Å². The minimum Gasteiger partial charge on any atom is -0.475 e. The highest BCUT2D eigenvalue weighted by atomic mass is 35.5. The third-order valence-corrected chi connectivity index (χ3v) is 9.57. The van der Waals surface area contributed by atoms with Crippen LogP contribution in [0, 0.1) is 5.41 Å². The number of carbonyl (C=O) groups excluding carboxylic acids is 2. The Morgan fingerprint density at radius 2 is 1.70 bits per heavy atom. The molecule has 3 aromatic rings. The molecule has 1 saturated heterocycles. The van der Waals surface area contributed by atoms with Crippen molar-refractivity contribution in [2.24, 2.45) is 5.73 Å². The molecule has 1 atom stereocenters. The van der Waals surface area contributed by atoms with E-state index in [4.69, 9.17) is 37.4 Å². The zero-order valence-electron chi connectivity index (χ0n) is 24.1. The van der Waals surface area contributed by atoms with Crippen molar-refractivity contribution in [3.05, 3.63) is 70.1 Å². The highest BCUT2D eigenvalue weighted by molar-refractivity contribution is 7.89. The minimum absolute atomic E-state index is 0.0849. The van der Waals surface area contributed by atoms with Gasteiger partial charge in [0.05, 0.1) is 28.5 Å². The lowest BCUT2D eigenvalue weighted by Crippen LogP contribution is -2.40. The molecule has 4 rings (SSSR count). The Morgan fingerprint density at radius 1 is 1.09 bits per heavy atom. The number of nitrogen functional groups attached to an aromatic ring is 1. The number of morpholine rings is 1. The molecule has 1 aliphatic heterocycles. The van der Waals surface area contributed by atoms with Gasteiger partial charge in [-0.15, -0.1) is 11.3 Å². The number of halogens is 4. The van der Waals surface area contributed by atoms with E-state index in [9.17, 15) is 31.2 Å². The fraction of sp³-hybridized carbons (Fsp3) is 0.286. The van der Waals surface area contributed by atoms with Gasteiger partial charge in [0.25, 0.3) is 0 Å². The van der Waals surface area contributed by atoms with Gasteiger partial charge in [-0.05, 0) is 61.0 Å². The van der Waals surface area contributed by atoms with Gasteiger partial charge in [0.15, 0.2) is 0 Å². The molecule has 0 spiro atoms. The number of benzene rings is 2. The number of amides is 2. The summed E-state index contributed by atoms with van der Waals surface area (Å²) >= 11 is 7.42. The second-order valence-corrected chi connectivity index (χ2v) is 13.3. The molecule has 2 aromatic carbocycles. The SMILES string of the molecule is CC(NC(=O)CC(=O)Nc1ccc(C(=N)N)cc1)c1ccc(S(=O)(=O)N2CCOCC2)c(-c2ccc(Cl)s2)c1.O=C(O)C(F)(F)F. The third kappa shape index (κ3) is 9.98. The number of rotatable bonds is 9. The lowest BCUT2D eigenvalue weighted by atomic mass is 10.0. The zero-order valence-corrected chi connectivity index (χ0v) is 26.4. The number of nitrogens with zero attached hydrogens (tertiary/aromatic N) is 1. The van der Waals surface area contributed by atoms with E-state index in [1.807, 2.05) is 0 Å². The number of anilines is 1. The fourth-order valence-electron chi connectivity index (χ4n) is 4.08. The summed E-state index contributed by atoms with van der Waals surface area (Å²) in [6.45, 7) is 2.96. The molecule has 0 bridgehead atoms. The number of alkyl halides is 3. The van der Waals surface area contributed by atoms with E-state index >= 15 is 0 Å². The van der Waals surface area contributed by atoms with Gasteiger partial charge >= 0.3 is 12.1 Å². The first-order valence-electron chi connectivity index (χ1n) is 13.3. The van der Waals surface area contributed by atoms with Crippen molar-refractivity contribution in [2.45, 2.75) is 30.5 Å². The molecule has 2 amide bonds. The van der Waals surface area contributed by atoms with Crippen LogP contribution in [0.2, 0.25) is 4.34 Å². The topological polar surface area (TPSA) is 192 Å². The number of amidine groups is 1. The number of carbonyl (C=O) groups is 3. The van der Waals surface area contributed by atoms with E-state index < -0.39 is 46.4 Å². The summed E-state index contributed by atoms with van der Waals surface area (Å²) in [7, 11) is -3.79. The average molecular weight is 704 g/mol. The predicted molar refractivity (Wildman–Crippen MR) is 165 cm³/mol. The van der Waals surface area contributed by atoms with Crippen LogP contribution in [0.5, 0.6) is 0 Å². The molecule has 1 unspecified atom stereocenters. The number of sulfonamides is 1. The number of ether oxygens (including phenoxy) is 1. The molecule has 0 aliphatic carbocycles. The van der Waals surface area contributed by atoms with E-state index in [1.165, 1.54) is 15.6 Å². The molecule has 0 saturated carbocycles. The maximum Gasteiger partial charge on any atom is 0.490 e. The summed E-state index contributed by atoms with van der Waals surface area (Å²) in [6, 6.07) is 14.3. The van der Waals surface area contributed by atoms with Crippen LogP contribution in [-0.4, -0.2) is 73.9 Å². The lowest BCUT2D eigenvalue weighted by molar-refractivity contribution is -0.192. The van der Waals surface area contributed by atoms with Crippen LogP contribution in [0.4, 0.5) is 18.9 Å². The highest BCUT2D eigenvalue weighted by Crippen LogP contribution is 2.37. The number of hydrogen-bond acceptors (Lipinski definition) is 8. The van der Waals surface area contributed by atoms with Crippen molar-refractivity contribution in [3.8, 4) is 10.4 Å². The molecular formula is C28H29ClF3N5O7S2. The maximum atomic E-state index is 13.5. The van der Waals surface area contributed by atoms with Gasteiger partial charge in [0.1, 0.15) is 12.3 Å². The van der Waals surface area contributed by atoms with E-state index in [1.54, 1.807) is 61.5 Å². The fourth-order valence-corrected chi connectivity index (χ4v) is 6.81. The van der Waals surface area contributed by atoms with Crippen LogP contribution in [0.15, 0.2) is 59.5 Å². The van der Waals surface area contributed by atoms with Crippen LogP contribution in [0.3, 0.4) is 0 Å². The lowest BCUT2D eigenvalue weighted by Gasteiger charge is -2.27. The highest BCUT2D eigenvalue weighted by Gasteiger charge is 2.38. The smallest absolute Gasteiger partial charge is 0.475 e. The van der Waals surface area contributed by atoms with E-state index in [-0.39, 0.29) is 23.8 Å². The van der Waals surface area contributed by atoms with Crippen LogP contribution >= 0.6 is 22.9 Å². The summed E-state index contributed by atoms with van der Waals surface area (Å²) < 4.78 is 65.9. The summed E-state index contributed by atoms with van der Waals surface area (Å²) in [4.78, 5) is 34.7. The van der Waals surface area contributed by atoms with E-state index in [0.717, 1.165) is 0 Å². The first-order chi connectivity index (χ1) is 21.5. The summed E-state index contributed by atoms with van der Waals surface area (Å²) in [5.74, 6) is -3.84.